The topological polar surface area (TPSA) is 188 Å². The Morgan fingerprint density at radius 2 is 0.903 bits per heavy atom. The van der Waals surface area contributed by atoms with Crippen LogP contribution in [0.4, 0.5) is 0 Å². The number of rotatable bonds is 14. The maximum Gasteiger partial charge on any atom is 0.329 e. The van der Waals surface area contributed by atoms with E-state index in [9.17, 15) is 38.4 Å². The molecule has 0 radical (unpaired) electrons. The van der Waals surface area contributed by atoms with Gasteiger partial charge < -0.3 is 34.2 Å². The molecule has 4 atom stereocenters. The van der Waals surface area contributed by atoms with Crippen molar-refractivity contribution in [2.24, 2.45) is 11.8 Å². The number of hydrogen-bond acceptors (Lipinski definition) is 11. The van der Waals surface area contributed by atoms with Gasteiger partial charge in [-0.25, -0.2) is 9.59 Å². The number of aliphatic hydroxyl groups is 1. The summed E-state index contributed by atoms with van der Waals surface area (Å²) in [7, 11) is 1.00. The molecule has 4 fully saturated rings. The minimum Gasteiger partial charge on any atom is -0.459 e. The first-order valence-electron chi connectivity index (χ1n) is 21.7. The van der Waals surface area contributed by atoms with Crippen LogP contribution in [0.3, 0.4) is 0 Å². The zero-order valence-electron chi connectivity index (χ0n) is 37.3. The van der Waals surface area contributed by atoms with Gasteiger partial charge in [-0.1, -0.05) is 88.4 Å². The monoisotopic (exact) mass is 860 g/mol. The predicted octanol–water partition coefficient (Wildman–Crippen LogP) is 4.26. The molecule has 0 saturated carbocycles. The standard InChI is InChI=1S/2C23H30N2O5.CH4O/c2*1-16(2)14-19(21(28)30-15-18-8-5-4-6-9-18)24-13-11-23(22(24)29)10-7-12-25(23)20(27)17(3)26;1-2/h2*4-6,8-9,16,19H,7,10-15H2,1-3H3;2H,1H3/t2*19-,23-;/m11./s1. The lowest BCUT2D eigenvalue weighted by Crippen LogP contribution is -2.56. The van der Waals surface area contributed by atoms with Crippen molar-refractivity contribution >= 4 is 47.1 Å². The zero-order valence-corrected chi connectivity index (χ0v) is 37.3. The van der Waals surface area contributed by atoms with E-state index in [1.807, 2.05) is 88.4 Å². The summed E-state index contributed by atoms with van der Waals surface area (Å²) in [5.74, 6) is -3.34. The minimum atomic E-state index is -1.00. The average molecular weight is 861 g/mol. The Morgan fingerprint density at radius 3 is 1.21 bits per heavy atom. The van der Waals surface area contributed by atoms with Crippen molar-refractivity contribution in [1.82, 2.24) is 19.6 Å². The Labute approximate surface area is 365 Å². The Kier molecular flexibility index (Phi) is 17.5. The maximum absolute atomic E-state index is 13.5. The third kappa shape index (κ3) is 11.1. The second-order valence-corrected chi connectivity index (χ2v) is 17.3. The summed E-state index contributed by atoms with van der Waals surface area (Å²) in [6.45, 7) is 12.3. The molecule has 4 aliphatic rings. The lowest BCUT2D eigenvalue weighted by molar-refractivity contribution is -0.159. The zero-order chi connectivity index (χ0) is 45.8. The van der Waals surface area contributed by atoms with E-state index < -0.39 is 58.5 Å². The molecule has 15 nitrogen and oxygen atoms in total. The highest BCUT2D eigenvalue weighted by molar-refractivity contribution is 6.36. The second-order valence-electron chi connectivity index (χ2n) is 17.3. The van der Waals surface area contributed by atoms with Crippen LogP contribution in [0.15, 0.2) is 60.7 Å². The number of esters is 2. The van der Waals surface area contributed by atoms with Crippen LogP contribution in [0, 0.1) is 11.8 Å². The second kappa shape index (κ2) is 22.1. The molecule has 4 saturated heterocycles. The van der Waals surface area contributed by atoms with Gasteiger partial charge in [0.15, 0.2) is 0 Å². The Hall–Kier alpha value is -5.44. The van der Waals surface area contributed by atoms with E-state index in [0.29, 0.717) is 77.5 Å². The number of nitrogens with zero attached hydrogens (tertiary/aromatic N) is 4. The fraction of sp³-hybridized carbons (Fsp3) is 0.574. The first-order valence-corrected chi connectivity index (χ1v) is 21.7. The lowest BCUT2D eigenvalue weighted by Gasteiger charge is -2.34. The van der Waals surface area contributed by atoms with Crippen LogP contribution in [0.1, 0.15) is 104 Å². The third-order valence-electron chi connectivity index (χ3n) is 12.1. The summed E-state index contributed by atoms with van der Waals surface area (Å²) in [6, 6.07) is 17.4. The highest BCUT2D eigenvalue weighted by Crippen LogP contribution is 2.42. The predicted molar refractivity (Wildman–Crippen MR) is 228 cm³/mol. The fourth-order valence-electron chi connectivity index (χ4n) is 9.10. The molecular weight excluding hydrogens is 797 g/mol. The van der Waals surface area contributed by atoms with Gasteiger partial charge in [-0.3, -0.25) is 28.8 Å². The molecule has 15 heteroatoms. The number of amides is 4. The van der Waals surface area contributed by atoms with Crippen molar-refractivity contribution < 1.29 is 52.9 Å². The van der Waals surface area contributed by atoms with Gasteiger partial charge in [-0.2, -0.15) is 0 Å². The molecule has 0 aliphatic carbocycles. The van der Waals surface area contributed by atoms with Crippen molar-refractivity contribution in [1.29, 1.82) is 0 Å². The van der Waals surface area contributed by atoms with Gasteiger partial charge in [0.1, 0.15) is 36.4 Å². The van der Waals surface area contributed by atoms with Gasteiger partial charge in [0.05, 0.1) is 0 Å². The van der Waals surface area contributed by atoms with E-state index in [4.69, 9.17) is 14.6 Å². The molecule has 0 aromatic heterocycles. The van der Waals surface area contributed by atoms with Gasteiger partial charge in [-0.05, 0) is 74.3 Å². The number of Topliss-reactive ketones (excluding diaryl/α,β-unsaturated/α-hetero) is 2. The number of carbonyl (C=O) groups excluding carboxylic acids is 8. The SMILES string of the molecule is CC(=O)C(=O)N1CCC[C@]12CCN([C@H](CC(C)C)C(=O)OCc1ccccc1)C2=O.CC(=O)C(=O)N1CCC[C@]12CCN([C@H](CC(C)C)C(=O)OCc1ccccc1)C2=O.CO. The van der Waals surface area contributed by atoms with E-state index in [2.05, 4.69) is 0 Å². The Balaban J connectivity index is 0.000000262. The summed E-state index contributed by atoms with van der Waals surface area (Å²) < 4.78 is 11.1. The van der Waals surface area contributed by atoms with Crippen molar-refractivity contribution in [2.75, 3.05) is 33.3 Å². The van der Waals surface area contributed by atoms with Crippen LogP contribution in [0.2, 0.25) is 0 Å². The molecular formula is C47H64N4O11. The van der Waals surface area contributed by atoms with E-state index in [0.717, 1.165) is 18.2 Å². The first-order chi connectivity index (χ1) is 29.5. The van der Waals surface area contributed by atoms with Gasteiger partial charge in [0.25, 0.3) is 11.8 Å². The van der Waals surface area contributed by atoms with Gasteiger partial charge in [0.2, 0.25) is 23.4 Å². The van der Waals surface area contributed by atoms with Gasteiger partial charge in [0, 0.05) is 47.1 Å². The lowest BCUT2D eigenvalue weighted by atomic mass is 9.93. The molecule has 62 heavy (non-hydrogen) atoms. The molecule has 0 unspecified atom stereocenters. The molecule has 4 amide bonds. The van der Waals surface area contributed by atoms with Crippen LogP contribution in [0.5, 0.6) is 0 Å². The molecule has 2 aromatic rings. The molecule has 0 bridgehead atoms. The highest BCUT2D eigenvalue weighted by Gasteiger charge is 2.58. The highest BCUT2D eigenvalue weighted by atomic mass is 16.5. The summed E-state index contributed by atoms with van der Waals surface area (Å²) in [6.07, 6.45) is 4.23. The van der Waals surface area contributed by atoms with Gasteiger partial charge in [-0.15, -0.1) is 0 Å². The number of aliphatic hydroxyl groups excluding tert-OH is 1. The fourth-order valence-corrected chi connectivity index (χ4v) is 9.10. The van der Waals surface area contributed by atoms with Crippen LogP contribution in [-0.2, 0) is 61.0 Å². The van der Waals surface area contributed by atoms with Crippen LogP contribution in [-0.4, -0.2) is 128 Å². The molecule has 6 rings (SSSR count). The smallest absolute Gasteiger partial charge is 0.329 e. The number of ketones is 2. The molecule has 2 aromatic carbocycles. The molecule has 4 aliphatic heterocycles. The van der Waals surface area contributed by atoms with E-state index in [1.165, 1.54) is 23.6 Å². The number of likely N-dealkylation sites (tertiary alicyclic amines) is 4. The largest absolute Gasteiger partial charge is 0.459 e. The van der Waals surface area contributed by atoms with Crippen LogP contribution >= 0.6 is 0 Å². The van der Waals surface area contributed by atoms with Crippen molar-refractivity contribution in [3.63, 3.8) is 0 Å². The average Bonchev–Trinajstić information content (AvgIpc) is 4.05. The van der Waals surface area contributed by atoms with Crippen LogP contribution < -0.4 is 0 Å². The van der Waals surface area contributed by atoms with E-state index in [-0.39, 0.29) is 36.9 Å². The maximum atomic E-state index is 13.5. The summed E-state index contributed by atoms with van der Waals surface area (Å²) in [5, 5.41) is 7.00. The molecule has 338 valence electrons. The van der Waals surface area contributed by atoms with Crippen LogP contribution in [0.25, 0.3) is 0 Å². The number of carbonyl (C=O) groups is 8. The number of ether oxygens (including phenoxy) is 2. The Morgan fingerprint density at radius 1 is 0.565 bits per heavy atom. The molecule has 1 N–H and O–H groups in total. The van der Waals surface area contributed by atoms with Crippen molar-refractivity contribution in [3.05, 3.63) is 71.8 Å². The van der Waals surface area contributed by atoms with E-state index >= 15 is 0 Å². The third-order valence-corrected chi connectivity index (χ3v) is 12.1. The first kappa shape index (κ1) is 49.2. The quantitative estimate of drug-likeness (QED) is 0.211. The van der Waals surface area contributed by atoms with Crippen molar-refractivity contribution in [3.8, 4) is 0 Å². The molecule has 2 spiro atoms. The summed E-state index contributed by atoms with van der Waals surface area (Å²) in [5.41, 5.74) is -0.241. The van der Waals surface area contributed by atoms with E-state index in [1.54, 1.807) is 9.80 Å². The molecule has 4 heterocycles. The number of hydrogen-bond donors (Lipinski definition) is 1. The summed E-state index contributed by atoms with van der Waals surface area (Å²) in [4.78, 5) is 107. The normalized spacial score (nSPS) is 21.5. The van der Waals surface area contributed by atoms with Crippen molar-refractivity contribution in [2.45, 2.75) is 129 Å². The Bertz CT molecular complexity index is 1780. The number of benzene rings is 2. The minimum absolute atomic E-state index is 0.149. The summed E-state index contributed by atoms with van der Waals surface area (Å²) >= 11 is 0. The van der Waals surface area contributed by atoms with Gasteiger partial charge >= 0.3 is 11.9 Å².